The van der Waals surface area contributed by atoms with Crippen molar-refractivity contribution in [3.8, 4) is 0 Å². The predicted octanol–water partition coefficient (Wildman–Crippen LogP) is 3.00. The lowest BCUT2D eigenvalue weighted by Crippen LogP contribution is -2.34. The van der Waals surface area contributed by atoms with Crippen LogP contribution in [0.5, 0.6) is 0 Å². The fourth-order valence-electron chi connectivity index (χ4n) is 1.77. The molecule has 0 saturated heterocycles. The fraction of sp³-hybridized carbons (Fsp3) is 0.533. The molecular weight excluding hydrogens is 260 g/mol. The molecule has 0 atom stereocenters. The van der Waals surface area contributed by atoms with Crippen molar-refractivity contribution in [2.75, 3.05) is 13.1 Å². The number of halogens is 2. The van der Waals surface area contributed by atoms with Gasteiger partial charge in [-0.15, -0.1) is 0 Å². The molecule has 1 aromatic carbocycles. The van der Waals surface area contributed by atoms with Gasteiger partial charge in [0, 0.05) is 18.7 Å². The molecule has 0 aromatic heterocycles. The van der Waals surface area contributed by atoms with Gasteiger partial charge in [-0.3, -0.25) is 10.3 Å². The van der Waals surface area contributed by atoms with Crippen molar-refractivity contribution in [3.05, 3.63) is 35.4 Å². The highest BCUT2D eigenvalue weighted by Gasteiger charge is 2.30. The van der Waals surface area contributed by atoms with Gasteiger partial charge >= 0.3 is 6.05 Å². The highest BCUT2D eigenvalue weighted by molar-refractivity contribution is 5.50. The molecule has 0 spiro atoms. The monoisotopic (exact) mass is 283 g/mol. The minimum Gasteiger partial charge on any atom is -0.390 e. The topological polar surface area (TPSA) is 50.4 Å². The standard InChI is InChI=1S/C15H23F2N3/c1-14(2,3)12-5-7-13(8-6-12)15(16,17)20-10-4-9-19-11-18/h5-8,11,20H,4,9-10H2,1-3H3,(H2,18,19). The van der Waals surface area contributed by atoms with Crippen molar-refractivity contribution in [3.63, 3.8) is 0 Å². The summed E-state index contributed by atoms with van der Waals surface area (Å²) in [5.41, 5.74) is 6.05. The van der Waals surface area contributed by atoms with Gasteiger partial charge in [-0.2, -0.15) is 8.78 Å². The van der Waals surface area contributed by atoms with Gasteiger partial charge in [-0.1, -0.05) is 45.0 Å². The van der Waals surface area contributed by atoms with Gasteiger partial charge in [-0.05, 0) is 17.4 Å². The number of benzene rings is 1. The molecule has 0 fully saturated rings. The van der Waals surface area contributed by atoms with E-state index in [2.05, 4.69) is 31.1 Å². The average molecular weight is 283 g/mol. The summed E-state index contributed by atoms with van der Waals surface area (Å²) in [6, 6.07) is 3.44. The molecule has 0 saturated carbocycles. The van der Waals surface area contributed by atoms with Crippen molar-refractivity contribution < 1.29 is 8.78 Å². The number of nitrogens with two attached hydrogens (primary N) is 1. The molecule has 112 valence electrons. The second-order valence-electron chi connectivity index (χ2n) is 5.74. The van der Waals surface area contributed by atoms with E-state index < -0.39 is 6.05 Å². The normalized spacial score (nSPS) is 13.1. The van der Waals surface area contributed by atoms with E-state index in [-0.39, 0.29) is 17.5 Å². The maximum atomic E-state index is 13.9. The summed E-state index contributed by atoms with van der Waals surface area (Å²) in [7, 11) is 0. The first-order valence-corrected chi connectivity index (χ1v) is 6.71. The van der Waals surface area contributed by atoms with Crippen LogP contribution in [0, 0.1) is 0 Å². The van der Waals surface area contributed by atoms with Gasteiger partial charge in [-0.25, -0.2) is 0 Å². The van der Waals surface area contributed by atoms with Crippen LogP contribution in [0.1, 0.15) is 38.3 Å². The molecule has 0 aliphatic heterocycles. The number of nitrogens with one attached hydrogen (secondary N) is 1. The van der Waals surface area contributed by atoms with E-state index in [1.165, 1.54) is 18.5 Å². The Morgan fingerprint density at radius 2 is 1.70 bits per heavy atom. The van der Waals surface area contributed by atoms with Crippen LogP contribution in [0.2, 0.25) is 0 Å². The molecule has 1 rings (SSSR count). The average Bonchev–Trinajstić information content (AvgIpc) is 2.37. The van der Waals surface area contributed by atoms with Crippen LogP contribution in [-0.4, -0.2) is 19.4 Å². The zero-order chi connectivity index (χ0) is 15.2. The first-order chi connectivity index (χ1) is 9.27. The zero-order valence-corrected chi connectivity index (χ0v) is 12.3. The Balaban J connectivity index is 2.63. The Hall–Kier alpha value is -1.49. The lowest BCUT2D eigenvalue weighted by molar-refractivity contribution is -0.0409. The molecule has 0 radical (unpaired) electrons. The summed E-state index contributed by atoms with van der Waals surface area (Å²) in [5, 5.41) is 2.24. The van der Waals surface area contributed by atoms with Crippen LogP contribution in [0.15, 0.2) is 29.3 Å². The van der Waals surface area contributed by atoms with Crippen molar-refractivity contribution in [1.82, 2.24) is 5.32 Å². The molecule has 1 aromatic rings. The van der Waals surface area contributed by atoms with E-state index >= 15 is 0 Å². The molecule has 0 unspecified atom stereocenters. The van der Waals surface area contributed by atoms with Gasteiger partial charge in [0.05, 0.1) is 6.34 Å². The quantitative estimate of drug-likeness (QED) is 0.365. The lowest BCUT2D eigenvalue weighted by Gasteiger charge is -2.22. The molecular formula is C15H23F2N3. The molecule has 5 heteroatoms. The second-order valence-corrected chi connectivity index (χ2v) is 5.74. The van der Waals surface area contributed by atoms with Gasteiger partial charge in [0.15, 0.2) is 0 Å². The lowest BCUT2D eigenvalue weighted by atomic mass is 9.86. The molecule has 3 nitrogen and oxygen atoms in total. The van der Waals surface area contributed by atoms with E-state index in [9.17, 15) is 8.78 Å². The fourth-order valence-corrected chi connectivity index (χ4v) is 1.77. The van der Waals surface area contributed by atoms with E-state index in [1.807, 2.05) is 0 Å². The number of nitrogens with zero attached hydrogens (tertiary/aromatic N) is 1. The molecule has 0 aliphatic carbocycles. The van der Waals surface area contributed by atoms with Crippen molar-refractivity contribution in [2.24, 2.45) is 10.7 Å². The van der Waals surface area contributed by atoms with Gasteiger partial charge in [0.25, 0.3) is 0 Å². The summed E-state index contributed by atoms with van der Waals surface area (Å²) in [6.45, 7) is 6.79. The number of alkyl halides is 2. The van der Waals surface area contributed by atoms with Crippen molar-refractivity contribution in [1.29, 1.82) is 0 Å². The second kappa shape index (κ2) is 6.79. The van der Waals surface area contributed by atoms with E-state index in [0.717, 1.165) is 5.56 Å². The summed E-state index contributed by atoms with van der Waals surface area (Å²) < 4.78 is 27.8. The van der Waals surface area contributed by atoms with Crippen LogP contribution in [0.3, 0.4) is 0 Å². The molecule has 0 heterocycles. The van der Waals surface area contributed by atoms with E-state index in [0.29, 0.717) is 13.0 Å². The van der Waals surface area contributed by atoms with Gasteiger partial charge < -0.3 is 5.73 Å². The third-order valence-corrected chi connectivity index (χ3v) is 3.03. The first-order valence-electron chi connectivity index (χ1n) is 6.71. The molecule has 3 N–H and O–H groups in total. The smallest absolute Gasteiger partial charge is 0.329 e. The van der Waals surface area contributed by atoms with Crippen molar-refractivity contribution >= 4 is 6.34 Å². The number of hydrogen-bond acceptors (Lipinski definition) is 2. The third kappa shape index (κ3) is 4.89. The molecule has 0 amide bonds. The Morgan fingerprint density at radius 1 is 1.15 bits per heavy atom. The highest BCUT2D eigenvalue weighted by Crippen LogP contribution is 2.28. The minimum atomic E-state index is -3.02. The first kappa shape index (κ1) is 16.6. The van der Waals surface area contributed by atoms with Crippen molar-refractivity contribution in [2.45, 2.75) is 38.7 Å². The maximum absolute atomic E-state index is 13.9. The minimum absolute atomic E-state index is 0.0205. The molecule has 0 aliphatic rings. The Labute approximate surface area is 119 Å². The summed E-state index contributed by atoms with van der Waals surface area (Å²) in [4.78, 5) is 3.77. The maximum Gasteiger partial charge on any atom is 0.329 e. The summed E-state index contributed by atoms with van der Waals surface area (Å²) >= 11 is 0. The van der Waals surface area contributed by atoms with Gasteiger partial charge in [0.1, 0.15) is 0 Å². The number of aliphatic imine (C=N–C) groups is 1. The van der Waals surface area contributed by atoms with Crippen LogP contribution in [0.25, 0.3) is 0 Å². The summed E-state index contributed by atoms with van der Waals surface area (Å²) in [6.07, 6.45) is 1.70. The largest absolute Gasteiger partial charge is 0.390 e. The third-order valence-electron chi connectivity index (χ3n) is 3.03. The Morgan fingerprint density at radius 3 is 2.20 bits per heavy atom. The Kier molecular flexibility index (Phi) is 5.62. The highest BCUT2D eigenvalue weighted by atomic mass is 19.3. The van der Waals surface area contributed by atoms with E-state index in [4.69, 9.17) is 5.73 Å². The Bertz CT molecular complexity index is 433. The van der Waals surface area contributed by atoms with Crippen LogP contribution >= 0.6 is 0 Å². The van der Waals surface area contributed by atoms with Crippen LogP contribution in [-0.2, 0) is 11.5 Å². The predicted molar refractivity (Wildman–Crippen MR) is 79.2 cm³/mol. The summed E-state index contributed by atoms with van der Waals surface area (Å²) in [5.74, 6) is 0. The van der Waals surface area contributed by atoms with Gasteiger partial charge in [0.2, 0.25) is 0 Å². The van der Waals surface area contributed by atoms with E-state index in [1.54, 1.807) is 12.1 Å². The molecule has 0 bridgehead atoms. The number of hydrogen-bond donors (Lipinski definition) is 2. The molecule has 20 heavy (non-hydrogen) atoms. The van der Waals surface area contributed by atoms with Crippen LogP contribution in [0.4, 0.5) is 8.78 Å². The number of rotatable bonds is 6. The zero-order valence-electron chi connectivity index (χ0n) is 12.3. The van der Waals surface area contributed by atoms with Crippen LogP contribution < -0.4 is 11.1 Å². The SMILES string of the molecule is CC(C)(C)c1ccc(C(F)(F)NCCCN=CN)cc1.